The van der Waals surface area contributed by atoms with Crippen molar-refractivity contribution in [2.24, 2.45) is 5.92 Å². The van der Waals surface area contributed by atoms with Crippen LogP contribution in [-0.4, -0.2) is 22.6 Å². The van der Waals surface area contributed by atoms with Crippen molar-refractivity contribution < 1.29 is 13.9 Å². The Morgan fingerprint density at radius 3 is 2.74 bits per heavy atom. The lowest BCUT2D eigenvalue weighted by atomic mass is 10.0. The highest BCUT2D eigenvalue weighted by atomic mass is 19.1. The van der Waals surface area contributed by atoms with Crippen molar-refractivity contribution in [1.29, 1.82) is 0 Å². The molecule has 0 spiro atoms. The minimum absolute atomic E-state index is 0.0304. The van der Waals surface area contributed by atoms with Gasteiger partial charge in [-0.25, -0.2) is 14.2 Å². The molecule has 102 valence electrons. The first-order valence-corrected chi connectivity index (χ1v) is 5.96. The molecule has 2 N–H and O–H groups in total. The van der Waals surface area contributed by atoms with E-state index in [-0.39, 0.29) is 11.9 Å². The largest absolute Gasteiger partial charge is 0.467 e. The zero-order valence-electron chi connectivity index (χ0n) is 11.1. The molecule has 1 unspecified atom stereocenters. The molecule has 1 heterocycles. The molecule has 2 aromatic rings. The molecule has 0 bridgehead atoms. The topological polar surface area (TPSA) is 70.1 Å². The number of ether oxygens (including phenoxy) is 1. The summed E-state index contributed by atoms with van der Waals surface area (Å²) in [5.41, 5.74) is 6.89. The Balaban J connectivity index is 2.65. The SMILES string of the molecule is COC(=O)C(C(C)C)n1c(N)nc2cc(F)ccc21. The standard InChI is InChI=1S/C13H16FN3O2/c1-7(2)11(12(18)19-3)17-10-5-4-8(14)6-9(10)16-13(17)15/h4-7,11H,1-3H3,(H2,15,16). The van der Waals surface area contributed by atoms with Crippen molar-refractivity contribution in [1.82, 2.24) is 9.55 Å². The van der Waals surface area contributed by atoms with Crippen LogP contribution in [0, 0.1) is 11.7 Å². The van der Waals surface area contributed by atoms with Crippen LogP contribution in [0.15, 0.2) is 18.2 Å². The Hall–Kier alpha value is -2.11. The lowest BCUT2D eigenvalue weighted by Gasteiger charge is -2.21. The highest BCUT2D eigenvalue weighted by Crippen LogP contribution is 2.28. The lowest BCUT2D eigenvalue weighted by molar-refractivity contribution is -0.145. The van der Waals surface area contributed by atoms with Gasteiger partial charge in [-0.3, -0.25) is 4.57 Å². The van der Waals surface area contributed by atoms with Gasteiger partial charge in [-0.1, -0.05) is 13.8 Å². The van der Waals surface area contributed by atoms with Crippen molar-refractivity contribution in [2.45, 2.75) is 19.9 Å². The van der Waals surface area contributed by atoms with E-state index in [1.54, 1.807) is 10.6 Å². The first-order valence-electron chi connectivity index (χ1n) is 5.96. The van der Waals surface area contributed by atoms with E-state index >= 15 is 0 Å². The Bertz CT molecular complexity index is 622. The third-order valence-electron chi connectivity index (χ3n) is 3.03. The van der Waals surface area contributed by atoms with Crippen LogP contribution in [0.3, 0.4) is 0 Å². The highest BCUT2D eigenvalue weighted by Gasteiger charge is 2.28. The van der Waals surface area contributed by atoms with Gasteiger partial charge in [0, 0.05) is 6.07 Å². The van der Waals surface area contributed by atoms with Gasteiger partial charge in [0.25, 0.3) is 0 Å². The number of fused-ring (bicyclic) bond motifs is 1. The fourth-order valence-electron chi connectivity index (χ4n) is 2.18. The monoisotopic (exact) mass is 265 g/mol. The second kappa shape index (κ2) is 4.87. The maximum atomic E-state index is 13.2. The predicted octanol–water partition coefficient (Wildman–Crippen LogP) is 2.13. The Morgan fingerprint density at radius 1 is 1.47 bits per heavy atom. The zero-order valence-corrected chi connectivity index (χ0v) is 11.1. The summed E-state index contributed by atoms with van der Waals surface area (Å²) in [5.74, 6) is -0.649. The molecule has 0 aliphatic carbocycles. The summed E-state index contributed by atoms with van der Waals surface area (Å²) in [4.78, 5) is 16.0. The maximum Gasteiger partial charge on any atom is 0.329 e. The number of carbonyl (C=O) groups excluding carboxylic acids is 1. The van der Waals surface area contributed by atoms with Crippen LogP contribution in [0.25, 0.3) is 11.0 Å². The molecule has 1 aromatic carbocycles. The van der Waals surface area contributed by atoms with E-state index < -0.39 is 17.8 Å². The van der Waals surface area contributed by atoms with Crippen LogP contribution in [0.2, 0.25) is 0 Å². The molecule has 0 fully saturated rings. The van der Waals surface area contributed by atoms with E-state index in [0.29, 0.717) is 11.0 Å². The van der Waals surface area contributed by atoms with Crippen molar-refractivity contribution >= 4 is 23.0 Å². The second-order valence-corrected chi connectivity index (χ2v) is 4.69. The van der Waals surface area contributed by atoms with Crippen LogP contribution < -0.4 is 5.73 Å². The Kier molecular flexibility index (Phi) is 3.42. The molecule has 6 heteroatoms. The molecule has 1 aromatic heterocycles. The van der Waals surface area contributed by atoms with Crippen LogP contribution in [0.4, 0.5) is 10.3 Å². The molecule has 19 heavy (non-hydrogen) atoms. The molecule has 1 atom stereocenters. The number of nitrogen functional groups attached to an aromatic ring is 1. The summed E-state index contributed by atoms with van der Waals surface area (Å²) < 4.78 is 19.6. The van der Waals surface area contributed by atoms with Crippen molar-refractivity contribution in [2.75, 3.05) is 12.8 Å². The van der Waals surface area contributed by atoms with E-state index in [4.69, 9.17) is 10.5 Å². The molecule has 0 radical (unpaired) electrons. The van der Waals surface area contributed by atoms with Crippen molar-refractivity contribution in [3.8, 4) is 0 Å². The van der Waals surface area contributed by atoms with Crippen molar-refractivity contribution in [3.05, 3.63) is 24.0 Å². The molecule has 0 amide bonds. The number of aromatic nitrogens is 2. The quantitative estimate of drug-likeness (QED) is 0.863. The maximum absolute atomic E-state index is 13.2. The van der Waals surface area contributed by atoms with Gasteiger partial charge in [-0.15, -0.1) is 0 Å². The normalized spacial score (nSPS) is 12.9. The van der Waals surface area contributed by atoms with Gasteiger partial charge < -0.3 is 10.5 Å². The highest BCUT2D eigenvalue weighted by molar-refractivity contribution is 5.83. The summed E-state index contributed by atoms with van der Waals surface area (Å²) in [7, 11) is 1.33. The van der Waals surface area contributed by atoms with E-state index in [1.165, 1.54) is 19.2 Å². The number of hydrogen-bond acceptors (Lipinski definition) is 4. The molecule has 0 aliphatic heterocycles. The number of hydrogen-bond donors (Lipinski definition) is 1. The van der Waals surface area contributed by atoms with Gasteiger partial charge in [-0.2, -0.15) is 0 Å². The van der Waals surface area contributed by atoms with E-state index in [2.05, 4.69) is 4.98 Å². The summed E-state index contributed by atoms with van der Waals surface area (Å²) >= 11 is 0. The first-order chi connectivity index (χ1) is 8.95. The third kappa shape index (κ3) is 2.25. The number of methoxy groups -OCH3 is 1. The van der Waals surface area contributed by atoms with Gasteiger partial charge in [-0.05, 0) is 18.1 Å². The first kappa shape index (κ1) is 13.3. The summed E-state index contributed by atoms with van der Waals surface area (Å²) in [6.45, 7) is 3.77. The average Bonchev–Trinajstić information content (AvgIpc) is 2.65. The summed E-state index contributed by atoms with van der Waals surface area (Å²) in [6.07, 6.45) is 0. The number of nitrogens with zero attached hydrogens (tertiary/aromatic N) is 2. The molecule has 0 aliphatic rings. The van der Waals surface area contributed by atoms with Gasteiger partial charge >= 0.3 is 5.97 Å². The van der Waals surface area contributed by atoms with E-state index in [1.807, 2.05) is 13.8 Å². The molecular formula is C13H16FN3O2. The molecular weight excluding hydrogens is 249 g/mol. The lowest BCUT2D eigenvalue weighted by Crippen LogP contribution is -2.26. The number of imidazole rings is 1. The Labute approximate surface area is 110 Å². The van der Waals surface area contributed by atoms with Crippen LogP contribution >= 0.6 is 0 Å². The van der Waals surface area contributed by atoms with Crippen LogP contribution in [-0.2, 0) is 9.53 Å². The molecule has 0 saturated heterocycles. The predicted molar refractivity (Wildman–Crippen MR) is 70.0 cm³/mol. The van der Waals surface area contributed by atoms with Gasteiger partial charge in [0.05, 0.1) is 18.1 Å². The van der Waals surface area contributed by atoms with Gasteiger partial charge in [0.1, 0.15) is 11.9 Å². The smallest absolute Gasteiger partial charge is 0.329 e. The van der Waals surface area contributed by atoms with E-state index in [9.17, 15) is 9.18 Å². The van der Waals surface area contributed by atoms with Crippen LogP contribution in [0.5, 0.6) is 0 Å². The summed E-state index contributed by atoms with van der Waals surface area (Å²) in [5, 5.41) is 0. The van der Waals surface area contributed by atoms with Gasteiger partial charge in [0.15, 0.2) is 0 Å². The number of benzene rings is 1. The third-order valence-corrected chi connectivity index (χ3v) is 3.03. The van der Waals surface area contributed by atoms with E-state index in [0.717, 1.165) is 0 Å². The van der Waals surface area contributed by atoms with Crippen LogP contribution in [0.1, 0.15) is 19.9 Å². The minimum Gasteiger partial charge on any atom is -0.467 e. The van der Waals surface area contributed by atoms with Crippen molar-refractivity contribution in [3.63, 3.8) is 0 Å². The fraction of sp³-hybridized carbons (Fsp3) is 0.385. The second-order valence-electron chi connectivity index (χ2n) is 4.69. The zero-order chi connectivity index (χ0) is 14.2. The fourth-order valence-corrected chi connectivity index (χ4v) is 2.18. The number of halogens is 1. The number of carbonyl (C=O) groups is 1. The number of nitrogens with two attached hydrogens (primary N) is 1. The Morgan fingerprint density at radius 2 is 2.16 bits per heavy atom. The molecule has 2 rings (SSSR count). The molecule has 5 nitrogen and oxygen atoms in total. The molecule has 0 saturated carbocycles. The average molecular weight is 265 g/mol. The minimum atomic E-state index is -0.583. The number of anilines is 1. The van der Waals surface area contributed by atoms with Gasteiger partial charge in [0.2, 0.25) is 5.95 Å². The summed E-state index contributed by atoms with van der Waals surface area (Å²) in [6, 6.07) is 3.58. The number of rotatable bonds is 3. The number of esters is 1.